The molecule has 3 aliphatic rings. The number of ether oxygens (including phenoxy) is 4. The highest BCUT2D eigenvalue weighted by molar-refractivity contribution is 5.68. The second kappa shape index (κ2) is 5.39. The molecule has 0 aromatic heterocycles. The van der Waals surface area contributed by atoms with Crippen LogP contribution in [0.2, 0.25) is 0 Å². The highest BCUT2D eigenvalue weighted by Gasteiger charge is 2.57. The highest BCUT2D eigenvalue weighted by atomic mass is 16.9. The van der Waals surface area contributed by atoms with E-state index in [-0.39, 0.29) is 5.41 Å². The Labute approximate surface area is 124 Å². The molecule has 2 N–H and O–H groups in total. The van der Waals surface area contributed by atoms with Gasteiger partial charge < -0.3 is 29.4 Å². The average Bonchev–Trinajstić information content (AvgIpc) is 2.35. The molecule has 2 atom stereocenters. The third-order valence-corrected chi connectivity index (χ3v) is 3.40. The third-order valence-electron chi connectivity index (χ3n) is 3.40. The summed E-state index contributed by atoms with van der Waals surface area (Å²) < 4.78 is 22.1. The summed E-state index contributed by atoms with van der Waals surface area (Å²) >= 11 is 0. The molecule has 2 bridgehead atoms. The number of alkyl carbamates (subject to hydrolysis) is 1. The Balaban J connectivity index is 2.08. The zero-order chi connectivity index (χ0) is 15.9. The standard InChI is InChI=1S/C14H25NO6/c1-9(16)10(15-11(17)21-12(2,3)4)14-18-6-13(5,7-19-14)8-20-14/h9-10,16H,6-8H2,1-5H3,(H,15,17)/t9-,10+,13?,14?/m1/s1. The first kappa shape index (κ1) is 16.5. The van der Waals surface area contributed by atoms with Crippen molar-refractivity contribution in [2.45, 2.75) is 58.3 Å². The summed E-state index contributed by atoms with van der Waals surface area (Å²) in [7, 11) is 0. The van der Waals surface area contributed by atoms with Crippen molar-refractivity contribution < 1.29 is 28.8 Å². The van der Waals surface area contributed by atoms with Crippen molar-refractivity contribution in [3.63, 3.8) is 0 Å². The molecule has 3 heterocycles. The van der Waals surface area contributed by atoms with Gasteiger partial charge in [0.1, 0.15) is 11.6 Å². The summed E-state index contributed by atoms with van der Waals surface area (Å²) in [6.45, 7) is 10.2. The number of carbonyl (C=O) groups is 1. The summed E-state index contributed by atoms with van der Waals surface area (Å²) in [4.78, 5) is 11.9. The van der Waals surface area contributed by atoms with Gasteiger partial charge in [0.15, 0.2) is 0 Å². The number of aliphatic hydroxyl groups is 1. The Morgan fingerprint density at radius 3 is 2.10 bits per heavy atom. The van der Waals surface area contributed by atoms with Crippen molar-refractivity contribution in [2.24, 2.45) is 5.41 Å². The van der Waals surface area contributed by atoms with E-state index in [1.54, 1.807) is 20.8 Å². The SMILES string of the molecule is C[C@@H](O)[C@H](NC(=O)OC(C)(C)C)C12OCC(C)(CO1)CO2. The molecular formula is C14H25NO6. The van der Waals surface area contributed by atoms with Crippen LogP contribution >= 0.6 is 0 Å². The quantitative estimate of drug-likeness (QED) is 0.809. The number of aliphatic hydroxyl groups excluding tert-OH is 1. The van der Waals surface area contributed by atoms with Crippen molar-refractivity contribution in [1.82, 2.24) is 5.32 Å². The number of rotatable bonds is 3. The van der Waals surface area contributed by atoms with E-state index in [1.165, 1.54) is 6.92 Å². The van der Waals surface area contributed by atoms with E-state index in [9.17, 15) is 9.90 Å². The fourth-order valence-electron chi connectivity index (χ4n) is 2.28. The molecule has 3 aliphatic heterocycles. The van der Waals surface area contributed by atoms with Gasteiger partial charge in [-0.2, -0.15) is 0 Å². The Hall–Kier alpha value is -0.890. The number of nitrogens with one attached hydrogen (secondary N) is 1. The Morgan fingerprint density at radius 2 is 1.71 bits per heavy atom. The van der Waals surface area contributed by atoms with Gasteiger partial charge in [-0.3, -0.25) is 0 Å². The first-order chi connectivity index (χ1) is 9.55. The zero-order valence-corrected chi connectivity index (χ0v) is 13.3. The summed E-state index contributed by atoms with van der Waals surface area (Å²) in [5.74, 6) is -1.46. The largest absolute Gasteiger partial charge is 0.444 e. The molecule has 3 rings (SSSR count). The lowest BCUT2D eigenvalue weighted by Gasteiger charge is -2.53. The fraction of sp³-hybridized carbons (Fsp3) is 0.929. The van der Waals surface area contributed by atoms with Gasteiger partial charge in [-0.15, -0.1) is 0 Å². The predicted molar refractivity (Wildman–Crippen MR) is 73.5 cm³/mol. The molecule has 21 heavy (non-hydrogen) atoms. The number of amides is 1. The van der Waals surface area contributed by atoms with Gasteiger partial charge in [-0.25, -0.2) is 4.79 Å². The number of hydrogen-bond acceptors (Lipinski definition) is 6. The van der Waals surface area contributed by atoms with Crippen LogP contribution in [0.25, 0.3) is 0 Å². The molecule has 0 radical (unpaired) electrons. The first-order valence-electron chi connectivity index (χ1n) is 7.15. The van der Waals surface area contributed by atoms with E-state index in [0.29, 0.717) is 19.8 Å². The van der Waals surface area contributed by atoms with Gasteiger partial charge in [-0.05, 0) is 27.7 Å². The van der Waals surface area contributed by atoms with Crippen LogP contribution in [0.1, 0.15) is 34.6 Å². The van der Waals surface area contributed by atoms with Crippen molar-refractivity contribution in [1.29, 1.82) is 0 Å². The van der Waals surface area contributed by atoms with E-state index in [4.69, 9.17) is 18.9 Å². The van der Waals surface area contributed by atoms with E-state index >= 15 is 0 Å². The van der Waals surface area contributed by atoms with E-state index in [1.807, 2.05) is 6.92 Å². The predicted octanol–water partition coefficient (Wildman–Crippen LogP) is 0.998. The van der Waals surface area contributed by atoms with Crippen LogP contribution in [-0.2, 0) is 18.9 Å². The minimum Gasteiger partial charge on any atom is -0.444 e. The molecule has 1 amide bonds. The summed E-state index contributed by atoms with van der Waals surface area (Å²) in [6, 6.07) is -0.878. The Morgan fingerprint density at radius 1 is 1.24 bits per heavy atom. The van der Waals surface area contributed by atoms with Crippen LogP contribution in [0.5, 0.6) is 0 Å². The van der Waals surface area contributed by atoms with Gasteiger partial charge in [0.05, 0.1) is 25.9 Å². The maximum absolute atomic E-state index is 11.9. The van der Waals surface area contributed by atoms with Crippen molar-refractivity contribution in [3.8, 4) is 0 Å². The first-order valence-corrected chi connectivity index (χ1v) is 7.15. The van der Waals surface area contributed by atoms with Gasteiger partial charge in [0, 0.05) is 5.41 Å². The minimum atomic E-state index is -1.46. The van der Waals surface area contributed by atoms with E-state index in [2.05, 4.69) is 5.32 Å². The van der Waals surface area contributed by atoms with Crippen molar-refractivity contribution >= 4 is 6.09 Å². The molecule has 0 aliphatic carbocycles. The number of carbonyl (C=O) groups excluding carboxylic acids is 1. The van der Waals surface area contributed by atoms with Crippen LogP contribution in [-0.4, -0.2) is 54.7 Å². The van der Waals surface area contributed by atoms with Crippen molar-refractivity contribution in [2.75, 3.05) is 19.8 Å². The Kier molecular flexibility index (Phi) is 4.23. The molecule has 7 nitrogen and oxygen atoms in total. The smallest absolute Gasteiger partial charge is 0.408 e. The lowest BCUT2D eigenvalue weighted by Crippen LogP contribution is -2.70. The molecule has 0 unspecified atom stereocenters. The van der Waals surface area contributed by atoms with Crippen LogP contribution in [0.3, 0.4) is 0 Å². The zero-order valence-electron chi connectivity index (χ0n) is 13.3. The van der Waals surface area contributed by atoms with E-state index in [0.717, 1.165) is 0 Å². The molecule has 0 saturated carbocycles. The van der Waals surface area contributed by atoms with Crippen LogP contribution in [0, 0.1) is 5.41 Å². The average molecular weight is 303 g/mol. The van der Waals surface area contributed by atoms with Gasteiger partial charge in [-0.1, -0.05) is 6.92 Å². The highest BCUT2D eigenvalue weighted by Crippen LogP contribution is 2.40. The summed E-state index contributed by atoms with van der Waals surface area (Å²) in [5, 5.41) is 12.6. The normalized spacial score (nSPS) is 35.1. The van der Waals surface area contributed by atoms with E-state index < -0.39 is 29.8 Å². The molecule has 0 spiro atoms. The molecule has 122 valence electrons. The maximum atomic E-state index is 11.9. The maximum Gasteiger partial charge on any atom is 0.408 e. The fourth-order valence-corrected chi connectivity index (χ4v) is 2.28. The number of hydrogen-bond donors (Lipinski definition) is 2. The summed E-state index contributed by atoms with van der Waals surface area (Å²) in [5.41, 5.74) is -0.817. The van der Waals surface area contributed by atoms with Gasteiger partial charge in [0.25, 0.3) is 0 Å². The lowest BCUT2D eigenvalue weighted by molar-refractivity contribution is -0.477. The second-order valence-electron chi connectivity index (χ2n) is 7.14. The Bertz CT molecular complexity index is 378. The van der Waals surface area contributed by atoms with Crippen LogP contribution in [0.15, 0.2) is 0 Å². The van der Waals surface area contributed by atoms with Crippen LogP contribution < -0.4 is 5.32 Å². The molecule has 3 fully saturated rings. The molecule has 7 heteroatoms. The topological polar surface area (TPSA) is 86.3 Å². The van der Waals surface area contributed by atoms with Gasteiger partial charge >= 0.3 is 12.1 Å². The van der Waals surface area contributed by atoms with Crippen LogP contribution in [0.4, 0.5) is 4.79 Å². The third kappa shape index (κ3) is 3.66. The molecular weight excluding hydrogens is 278 g/mol. The minimum absolute atomic E-state index is 0.184. The summed E-state index contributed by atoms with van der Waals surface area (Å²) in [6.07, 6.45) is -1.59. The lowest BCUT2D eigenvalue weighted by atomic mass is 9.90. The number of fused-ring (bicyclic) bond motifs is 3. The van der Waals surface area contributed by atoms with Crippen molar-refractivity contribution in [3.05, 3.63) is 0 Å². The van der Waals surface area contributed by atoms with Gasteiger partial charge in [0.2, 0.25) is 0 Å². The molecule has 3 saturated heterocycles. The second-order valence-corrected chi connectivity index (χ2v) is 7.14. The monoisotopic (exact) mass is 303 g/mol. The molecule has 0 aromatic rings. The molecule has 0 aromatic carbocycles.